The first kappa shape index (κ1) is 15.5. The lowest BCUT2D eigenvalue weighted by Crippen LogP contribution is -2.15. The molecule has 112 valence electrons. The number of aromatic nitrogens is 2. The van der Waals surface area contributed by atoms with Crippen LogP contribution in [-0.2, 0) is 16.2 Å². The van der Waals surface area contributed by atoms with Gasteiger partial charge in [0.15, 0.2) is 0 Å². The molecule has 2 aromatic heterocycles. The van der Waals surface area contributed by atoms with E-state index in [-0.39, 0.29) is 15.7 Å². The maximum absolute atomic E-state index is 12.3. The number of rotatable bonds is 3. The van der Waals surface area contributed by atoms with Gasteiger partial charge in [-0.15, -0.1) is 0 Å². The minimum Gasteiger partial charge on any atom is -0.278 e. The first-order valence-corrected chi connectivity index (χ1v) is 7.23. The summed E-state index contributed by atoms with van der Waals surface area (Å²) in [7, 11) is -4.06. The average molecular weight is 338 g/mol. The predicted octanol–water partition coefficient (Wildman–Crippen LogP) is 2.95. The summed E-state index contributed by atoms with van der Waals surface area (Å²) in [5, 5.41) is -0.245. The molecule has 0 aromatic carbocycles. The normalized spacial score (nSPS) is 12.2. The molecule has 0 bridgehead atoms. The number of hydrogen-bond donors (Lipinski definition) is 1. The number of alkyl halides is 3. The molecule has 0 spiro atoms. The van der Waals surface area contributed by atoms with Crippen molar-refractivity contribution in [2.24, 2.45) is 0 Å². The monoisotopic (exact) mass is 337 g/mol. The summed E-state index contributed by atoms with van der Waals surface area (Å²) in [6, 6.07) is 4.21. The molecule has 0 atom stereocenters. The van der Waals surface area contributed by atoms with Crippen molar-refractivity contribution in [1.82, 2.24) is 9.97 Å². The van der Waals surface area contributed by atoms with Gasteiger partial charge in [0.1, 0.15) is 15.7 Å². The molecule has 1 N–H and O–H groups in total. The van der Waals surface area contributed by atoms with E-state index in [0.717, 1.165) is 12.3 Å². The minimum atomic E-state index is -4.59. The van der Waals surface area contributed by atoms with Crippen molar-refractivity contribution < 1.29 is 21.6 Å². The summed E-state index contributed by atoms with van der Waals surface area (Å²) in [6.07, 6.45) is -2.52. The van der Waals surface area contributed by atoms with Crippen LogP contribution in [0.4, 0.5) is 18.9 Å². The molecule has 0 amide bonds. The first-order valence-electron chi connectivity index (χ1n) is 5.37. The van der Waals surface area contributed by atoms with Gasteiger partial charge in [-0.2, -0.15) is 13.2 Å². The van der Waals surface area contributed by atoms with Crippen LogP contribution in [0.15, 0.2) is 41.6 Å². The fourth-order valence-electron chi connectivity index (χ4n) is 1.40. The van der Waals surface area contributed by atoms with Gasteiger partial charge in [-0.25, -0.2) is 18.4 Å². The Hall–Kier alpha value is -1.87. The van der Waals surface area contributed by atoms with Gasteiger partial charge in [-0.1, -0.05) is 11.6 Å². The molecule has 5 nitrogen and oxygen atoms in total. The van der Waals surface area contributed by atoms with Gasteiger partial charge in [-0.05, 0) is 24.3 Å². The molecule has 2 rings (SSSR count). The first-order chi connectivity index (χ1) is 9.70. The van der Waals surface area contributed by atoms with Crippen LogP contribution in [0, 0.1) is 0 Å². The molecule has 0 aliphatic carbocycles. The molecule has 0 aliphatic rings. The van der Waals surface area contributed by atoms with Crippen LogP contribution in [0.2, 0.25) is 5.15 Å². The number of sulfonamides is 1. The van der Waals surface area contributed by atoms with Gasteiger partial charge < -0.3 is 0 Å². The lowest BCUT2D eigenvalue weighted by molar-refractivity contribution is -0.141. The molecular weight excluding hydrogens is 331 g/mol. The van der Waals surface area contributed by atoms with Crippen molar-refractivity contribution >= 4 is 27.3 Å². The second kappa shape index (κ2) is 5.49. The van der Waals surface area contributed by atoms with Gasteiger partial charge in [0.05, 0.1) is 11.9 Å². The van der Waals surface area contributed by atoms with E-state index in [0.29, 0.717) is 6.07 Å². The van der Waals surface area contributed by atoms with Gasteiger partial charge in [0.2, 0.25) is 0 Å². The zero-order valence-corrected chi connectivity index (χ0v) is 11.7. The van der Waals surface area contributed by atoms with Crippen molar-refractivity contribution in [2.45, 2.75) is 11.1 Å². The van der Waals surface area contributed by atoms with E-state index in [1.165, 1.54) is 18.3 Å². The maximum atomic E-state index is 12.3. The third-order valence-electron chi connectivity index (χ3n) is 2.32. The summed E-state index contributed by atoms with van der Waals surface area (Å²) in [5.41, 5.74) is -1.24. The highest BCUT2D eigenvalue weighted by Gasteiger charge is 2.32. The van der Waals surface area contributed by atoms with Crippen molar-refractivity contribution in [3.05, 3.63) is 47.5 Å². The number of anilines is 1. The largest absolute Gasteiger partial charge is 0.433 e. The third kappa shape index (κ3) is 3.61. The molecule has 21 heavy (non-hydrogen) atoms. The Bertz CT molecular complexity index is 748. The van der Waals surface area contributed by atoms with E-state index < -0.39 is 21.9 Å². The zero-order chi connectivity index (χ0) is 15.7. The smallest absolute Gasteiger partial charge is 0.278 e. The molecule has 2 aromatic rings. The molecule has 0 fully saturated rings. The van der Waals surface area contributed by atoms with Crippen molar-refractivity contribution in [1.29, 1.82) is 0 Å². The van der Waals surface area contributed by atoms with Crippen molar-refractivity contribution in [2.75, 3.05) is 4.72 Å². The van der Waals surface area contributed by atoms with E-state index in [4.69, 9.17) is 11.6 Å². The molecular formula is C11H7ClF3N3O2S. The van der Waals surface area contributed by atoms with E-state index in [2.05, 4.69) is 14.7 Å². The Labute approximate surface area is 122 Å². The topological polar surface area (TPSA) is 72.0 Å². The van der Waals surface area contributed by atoms with E-state index in [1.807, 2.05) is 0 Å². The second-order valence-corrected chi connectivity index (χ2v) is 5.84. The summed E-state index contributed by atoms with van der Waals surface area (Å²) in [4.78, 5) is 6.48. The van der Waals surface area contributed by atoms with Crippen molar-refractivity contribution in [3.63, 3.8) is 0 Å². The van der Waals surface area contributed by atoms with Crippen LogP contribution in [0.3, 0.4) is 0 Å². The van der Waals surface area contributed by atoms with Gasteiger partial charge in [0.25, 0.3) is 10.0 Å². The van der Waals surface area contributed by atoms with Crippen molar-refractivity contribution in [3.8, 4) is 0 Å². The predicted molar refractivity (Wildman–Crippen MR) is 69.3 cm³/mol. The van der Waals surface area contributed by atoms with E-state index in [9.17, 15) is 21.6 Å². The zero-order valence-electron chi connectivity index (χ0n) is 10.1. The van der Waals surface area contributed by atoms with Crippen LogP contribution >= 0.6 is 11.6 Å². The summed E-state index contributed by atoms with van der Waals surface area (Å²) in [6.45, 7) is 0. The third-order valence-corrected chi connectivity index (χ3v) is 4.15. The standard InChI is InChI=1S/C11H7ClF3N3O2S/c12-10-8(2-1-5-16-10)21(19,20)18-7-3-4-9(17-6-7)11(13,14)15/h1-6,18H. The summed E-state index contributed by atoms with van der Waals surface area (Å²) in [5.74, 6) is 0. The fourth-order valence-corrected chi connectivity index (χ4v) is 2.90. The fraction of sp³-hybridized carbons (Fsp3) is 0.0909. The molecule has 10 heteroatoms. The number of nitrogens with zero attached hydrogens (tertiary/aromatic N) is 2. The van der Waals surface area contributed by atoms with E-state index in [1.54, 1.807) is 0 Å². The maximum Gasteiger partial charge on any atom is 0.433 e. The second-order valence-electron chi connectivity index (χ2n) is 3.83. The molecule has 0 unspecified atom stereocenters. The Morgan fingerprint density at radius 2 is 1.86 bits per heavy atom. The Kier molecular flexibility index (Phi) is 4.06. The molecule has 0 saturated heterocycles. The SMILES string of the molecule is O=S(=O)(Nc1ccc(C(F)(F)F)nc1)c1cccnc1Cl. The Balaban J connectivity index is 2.28. The highest BCUT2D eigenvalue weighted by atomic mass is 35.5. The molecule has 2 heterocycles. The number of halogens is 4. The highest BCUT2D eigenvalue weighted by Crippen LogP contribution is 2.28. The highest BCUT2D eigenvalue weighted by molar-refractivity contribution is 7.92. The summed E-state index contributed by atoms with van der Waals surface area (Å²) < 4.78 is 63.2. The van der Waals surface area contributed by atoms with Crippen LogP contribution in [-0.4, -0.2) is 18.4 Å². The molecule has 0 saturated carbocycles. The number of nitrogens with one attached hydrogen (secondary N) is 1. The lowest BCUT2D eigenvalue weighted by atomic mass is 10.3. The van der Waals surface area contributed by atoms with Gasteiger partial charge in [0, 0.05) is 6.20 Å². The Morgan fingerprint density at radius 1 is 1.14 bits per heavy atom. The van der Waals surface area contributed by atoms with Crippen LogP contribution in [0.5, 0.6) is 0 Å². The summed E-state index contributed by atoms with van der Waals surface area (Å²) >= 11 is 5.67. The number of hydrogen-bond acceptors (Lipinski definition) is 4. The minimum absolute atomic E-state index is 0.122. The Morgan fingerprint density at radius 3 is 2.38 bits per heavy atom. The van der Waals surface area contributed by atoms with Crippen LogP contribution in [0.25, 0.3) is 0 Å². The van der Waals surface area contributed by atoms with Crippen LogP contribution < -0.4 is 4.72 Å². The molecule has 0 radical (unpaired) electrons. The van der Waals surface area contributed by atoms with E-state index >= 15 is 0 Å². The lowest BCUT2D eigenvalue weighted by Gasteiger charge is -2.10. The number of pyridine rings is 2. The van der Waals surface area contributed by atoms with Gasteiger partial charge >= 0.3 is 6.18 Å². The van der Waals surface area contributed by atoms with Gasteiger partial charge in [-0.3, -0.25) is 4.72 Å². The quantitative estimate of drug-likeness (QED) is 0.874. The van der Waals surface area contributed by atoms with Crippen LogP contribution in [0.1, 0.15) is 5.69 Å². The average Bonchev–Trinajstić information content (AvgIpc) is 2.38. The molecule has 0 aliphatic heterocycles.